The number of aliphatic hydroxyl groups is 1. The molecular weight excluding hydrogens is 313 g/mol. The van der Waals surface area contributed by atoms with Crippen molar-refractivity contribution in [1.82, 2.24) is 14.7 Å². The Morgan fingerprint density at radius 2 is 2.29 bits per heavy atom. The first-order chi connectivity index (χ1) is 11.6. The third-order valence-corrected chi connectivity index (χ3v) is 3.80. The van der Waals surface area contributed by atoms with Crippen molar-refractivity contribution < 1.29 is 18.7 Å². The molecule has 0 aliphatic rings. The van der Waals surface area contributed by atoms with Crippen molar-refractivity contribution in [3.05, 3.63) is 59.7 Å². The van der Waals surface area contributed by atoms with E-state index in [9.17, 15) is 14.3 Å². The van der Waals surface area contributed by atoms with Crippen LogP contribution in [0.1, 0.15) is 21.8 Å². The Morgan fingerprint density at radius 1 is 1.46 bits per heavy atom. The van der Waals surface area contributed by atoms with Crippen LogP contribution in [0.5, 0.6) is 0 Å². The number of halogens is 1. The van der Waals surface area contributed by atoms with Gasteiger partial charge in [0.1, 0.15) is 11.4 Å². The fourth-order valence-corrected chi connectivity index (χ4v) is 2.50. The van der Waals surface area contributed by atoms with E-state index in [1.165, 1.54) is 4.40 Å². The van der Waals surface area contributed by atoms with Crippen molar-refractivity contribution in [3.8, 4) is 0 Å². The smallest absolute Gasteiger partial charge is 0.274 e. The number of fused-ring (bicyclic) bond motifs is 1. The van der Waals surface area contributed by atoms with Crippen LogP contribution in [0.15, 0.2) is 41.1 Å². The maximum atomic E-state index is 14.3. The lowest BCUT2D eigenvalue weighted by Crippen LogP contribution is -2.32. The predicted molar refractivity (Wildman–Crippen MR) is 85.2 cm³/mol. The zero-order valence-corrected chi connectivity index (χ0v) is 13.2. The van der Waals surface area contributed by atoms with Crippen molar-refractivity contribution in [3.63, 3.8) is 0 Å². The Kier molecular flexibility index (Phi) is 4.61. The van der Waals surface area contributed by atoms with Crippen LogP contribution >= 0.6 is 0 Å². The summed E-state index contributed by atoms with van der Waals surface area (Å²) in [4.78, 5) is 16.2. The fraction of sp³-hybridized carbons (Fsp3) is 0.294. The van der Waals surface area contributed by atoms with Crippen LogP contribution in [0.25, 0.3) is 5.65 Å². The summed E-state index contributed by atoms with van der Waals surface area (Å²) in [5, 5.41) is 12.0. The molecule has 1 atom stereocenters. The molecule has 0 saturated heterocycles. The van der Waals surface area contributed by atoms with E-state index in [0.29, 0.717) is 12.1 Å². The highest BCUT2D eigenvalue weighted by Crippen LogP contribution is 2.13. The van der Waals surface area contributed by atoms with Crippen LogP contribution in [-0.2, 0) is 6.42 Å². The zero-order chi connectivity index (χ0) is 17.1. The van der Waals surface area contributed by atoms with Gasteiger partial charge in [0.15, 0.2) is 5.69 Å². The first kappa shape index (κ1) is 16.2. The third-order valence-electron chi connectivity index (χ3n) is 3.80. The number of aromatic nitrogens is 2. The standard InChI is InChI=1S/C17H18FN3O3/c1-11-4-5-14-20-15(16(18)21(14)9-11)17(23)19-8-12(10-22)7-13-3-2-6-24-13/h2-6,9,12,22H,7-8,10H2,1H3,(H,19,23)/t12-/m0/s1. The van der Waals surface area contributed by atoms with Crippen molar-refractivity contribution in [2.45, 2.75) is 13.3 Å². The first-order valence-electron chi connectivity index (χ1n) is 7.64. The molecular formula is C17H18FN3O3. The highest BCUT2D eigenvalue weighted by molar-refractivity contribution is 5.93. The lowest BCUT2D eigenvalue weighted by atomic mass is 10.1. The van der Waals surface area contributed by atoms with Crippen molar-refractivity contribution >= 4 is 11.6 Å². The Labute approximate surface area is 137 Å². The second kappa shape index (κ2) is 6.84. The minimum atomic E-state index is -0.696. The van der Waals surface area contributed by atoms with Gasteiger partial charge in [-0.2, -0.15) is 4.39 Å². The Morgan fingerprint density at radius 3 is 3.00 bits per heavy atom. The molecule has 3 heterocycles. The number of furan rings is 1. The van der Waals surface area contributed by atoms with E-state index in [4.69, 9.17) is 4.42 Å². The third kappa shape index (κ3) is 3.30. The lowest BCUT2D eigenvalue weighted by molar-refractivity contribution is 0.0930. The maximum Gasteiger partial charge on any atom is 0.274 e. The largest absolute Gasteiger partial charge is 0.469 e. The topological polar surface area (TPSA) is 79.8 Å². The molecule has 0 saturated carbocycles. The number of amides is 1. The van der Waals surface area contributed by atoms with Crippen molar-refractivity contribution in [1.29, 1.82) is 0 Å². The molecule has 7 heteroatoms. The molecule has 0 aliphatic carbocycles. The van der Waals surface area contributed by atoms with Crippen LogP contribution in [0.3, 0.4) is 0 Å². The molecule has 6 nitrogen and oxygen atoms in total. The van der Waals surface area contributed by atoms with Crippen LogP contribution in [0.2, 0.25) is 0 Å². The van der Waals surface area contributed by atoms with Crippen LogP contribution in [0.4, 0.5) is 4.39 Å². The second-order valence-electron chi connectivity index (χ2n) is 5.73. The average molecular weight is 331 g/mol. The van der Waals surface area contributed by atoms with E-state index in [2.05, 4.69) is 10.3 Å². The fourth-order valence-electron chi connectivity index (χ4n) is 2.50. The van der Waals surface area contributed by atoms with Crippen molar-refractivity contribution in [2.75, 3.05) is 13.2 Å². The van der Waals surface area contributed by atoms with Gasteiger partial charge in [-0.1, -0.05) is 6.07 Å². The van der Waals surface area contributed by atoms with E-state index >= 15 is 0 Å². The maximum absolute atomic E-state index is 14.3. The Hall–Kier alpha value is -2.67. The van der Waals surface area contributed by atoms with Gasteiger partial charge in [0, 0.05) is 31.7 Å². The highest BCUT2D eigenvalue weighted by Gasteiger charge is 2.20. The minimum Gasteiger partial charge on any atom is -0.469 e. The number of nitrogens with zero attached hydrogens (tertiary/aromatic N) is 2. The van der Waals surface area contributed by atoms with Gasteiger partial charge >= 0.3 is 0 Å². The Bertz CT molecular complexity index is 842. The number of pyridine rings is 1. The van der Waals surface area contributed by atoms with E-state index in [1.807, 2.05) is 6.92 Å². The monoisotopic (exact) mass is 331 g/mol. The molecule has 0 aliphatic heterocycles. The lowest BCUT2D eigenvalue weighted by Gasteiger charge is -2.13. The summed E-state index contributed by atoms with van der Waals surface area (Å²) in [6, 6.07) is 7.02. The average Bonchev–Trinajstić information content (AvgIpc) is 3.19. The number of aliphatic hydroxyl groups excluding tert-OH is 1. The predicted octanol–water partition coefficient (Wildman–Crippen LogP) is 1.96. The molecule has 0 fully saturated rings. The summed E-state index contributed by atoms with van der Waals surface area (Å²) in [5.74, 6) is -0.801. The molecule has 0 radical (unpaired) electrons. The van der Waals surface area contributed by atoms with Gasteiger partial charge in [-0.15, -0.1) is 0 Å². The van der Waals surface area contributed by atoms with E-state index in [0.717, 1.165) is 11.3 Å². The molecule has 3 rings (SSSR count). The van der Waals surface area contributed by atoms with E-state index < -0.39 is 11.9 Å². The van der Waals surface area contributed by atoms with E-state index in [1.54, 1.807) is 36.7 Å². The van der Waals surface area contributed by atoms with Gasteiger partial charge in [0.2, 0.25) is 5.95 Å². The Balaban J connectivity index is 1.69. The SMILES string of the molecule is Cc1ccc2nc(C(=O)NC[C@@H](CO)Cc3ccco3)c(F)n2c1. The van der Waals surface area contributed by atoms with Gasteiger partial charge < -0.3 is 14.8 Å². The number of carbonyl (C=O) groups is 1. The summed E-state index contributed by atoms with van der Waals surface area (Å²) >= 11 is 0. The number of aryl methyl sites for hydroxylation is 1. The minimum absolute atomic E-state index is 0.117. The highest BCUT2D eigenvalue weighted by atomic mass is 19.1. The van der Waals surface area contributed by atoms with Crippen molar-refractivity contribution in [2.24, 2.45) is 5.92 Å². The number of rotatable bonds is 6. The molecule has 3 aromatic rings. The number of hydrogen-bond donors (Lipinski definition) is 2. The molecule has 0 bridgehead atoms. The zero-order valence-electron chi connectivity index (χ0n) is 13.2. The van der Waals surface area contributed by atoms with Gasteiger partial charge in [-0.05, 0) is 30.7 Å². The molecule has 24 heavy (non-hydrogen) atoms. The van der Waals surface area contributed by atoms with E-state index in [-0.39, 0.29) is 24.8 Å². The van der Waals surface area contributed by atoms with Gasteiger partial charge in [0.05, 0.1) is 6.26 Å². The summed E-state index contributed by atoms with van der Waals surface area (Å²) in [7, 11) is 0. The summed E-state index contributed by atoms with van der Waals surface area (Å²) < 4.78 is 20.8. The van der Waals surface area contributed by atoms with Crippen LogP contribution < -0.4 is 5.32 Å². The molecule has 0 spiro atoms. The quantitative estimate of drug-likeness (QED) is 0.723. The number of nitrogens with one attached hydrogen (secondary N) is 1. The summed E-state index contributed by atoms with van der Waals surface area (Å²) in [5.41, 5.74) is 0.984. The second-order valence-corrected chi connectivity index (χ2v) is 5.73. The van der Waals surface area contributed by atoms with Gasteiger partial charge in [-0.3, -0.25) is 9.20 Å². The van der Waals surface area contributed by atoms with Crippen LogP contribution in [-0.4, -0.2) is 33.6 Å². The van der Waals surface area contributed by atoms with Gasteiger partial charge in [-0.25, -0.2) is 4.98 Å². The summed E-state index contributed by atoms with van der Waals surface area (Å²) in [6.07, 6.45) is 3.62. The molecule has 2 N–H and O–H groups in total. The molecule has 0 aromatic carbocycles. The molecule has 1 amide bonds. The van der Waals surface area contributed by atoms with Gasteiger partial charge in [0.25, 0.3) is 5.91 Å². The molecule has 0 unspecified atom stereocenters. The number of imidazole rings is 1. The first-order valence-corrected chi connectivity index (χ1v) is 7.64. The molecule has 3 aromatic heterocycles. The summed E-state index contributed by atoms with van der Waals surface area (Å²) in [6.45, 7) is 1.91. The normalized spacial score (nSPS) is 12.5. The van der Waals surface area contributed by atoms with Crippen LogP contribution in [0, 0.1) is 18.8 Å². The molecule has 126 valence electrons. The number of carbonyl (C=O) groups excluding carboxylic acids is 1. The number of hydrogen-bond acceptors (Lipinski definition) is 4.